The Kier molecular flexibility index (Phi) is 5.71. The van der Waals surface area contributed by atoms with E-state index in [0.717, 1.165) is 12.2 Å². The largest absolute Gasteiger partial charge is 0.497 e. The lowest BCUT2D eigenvalue weighted by Gasteiger charge is -2.06. The maximum absolute atomic E-state index is 11.5. The molecular formula is C16H19N3O3. The Hall–Kier alpha value is -2.63. The van der Waals surface area contributed by atoms with Crippen molar-refractivity contribution in [2.75, 3.05) is 25.6 Å². The molecular weight excluding hydrogens is 282 g/mol. The van der Waals surface area contributed by atoms with Gasteiger partial charge < -0.3 is 14.8 Å². The highest BCUT2D eigenvalue weighted by Crippen LogP contribution is 2.11. The number of carbonyl (C=O) groups is 1. The quantitative estimate of drug-likeness (QED) is 0.791. The van der Waals surface area contributed by atoms with Crippen LogP contribution in [0.1, 0.15) is 22.8 Å². The summed E-state index contributed by atoms with van der Waals surface area (Å²) >= 11 is 0. The molecule has 1 N–H and O–H groups in total. The number of rotatable bonds is 7. The second kappa shape index (κ2) is 7.97. The fourth-order valence-electron chi connectivity index (χ4n) is 1.85. The Morgan fingerprint density at radius 1 is 1.18 bits per heavy atom. The van der Waals surface area contributed by atoms with Crippen LogP contribution >= 0.6 is 0 Å². The summed E-state index contributed by atoms with van der Waals surface area (Å²) in [5, 5.41) is 3.11. The third-order valence-corrected chi connectivity index (χ3v) is 3.02. The number of methoxy groups -OCH3 is 1. The lowest BCUT2D eigenvalue weighted by atomic mass is 10.1. The molecule has 0 spiro atoms. The first-order chi connectivity index (χ1) is 10.7. The zero-order chi connectivity index (χ0) is 15.8. The summed E-state index contributed by atoms with van der Waals surface area (Å²) in [5.74, 6) is 0.920. The van der Waals surface area contributed by atoms with Gasteiger partial charge in [-0.3, -0.25) is 0 Å². The Morgan fingerprint density at radius 3 is 2.45 bits per heavy atom. The molecule has 0 saturated carbocycles. The lowest BCUT2D eigenvalue weighted by Crippen LogP contribution is -2.10. The molecule has 0 atom stereocenters. The molecule has 22 heavy (non-hydrogen) atoms. The predicted octanol–water partition coefficient (Wildman–Crippen LogP) is 2.32. The van der Waals surface area contributed by atoms with Crippen LogP contribution in [0.4, 0.5) is 5.95 Å². The molecule has 0 aliphatic heterocycles. The summed E-state index contributed by atoms with van der Waals surface area (Å²) in [5.41, 5.74) is 1.54. The van der Waals surface area contributed by atoms with Gasteiger partial charge in [-0.1, -0.05) is 12.1 Å². The van der Waals surface area contributed by atoms with E-state index in [-0.39, 0.29) is 0 Å². The van der Waals surface area contributed by atoms with Crippen molar-refractivity contribution in [3.05, 3.63) is 47.8 Å². The fraction of sp³-hybridized carbons (Fsp3) is 0.312. The average molecular weight is 301 g/mol. The van der Waals surface area contributed by atoms with E-state index in [9.17, 15) is 4.79 Å². The predicted molar refractivity (Wildman–Crippen MR) is 83.2 cm³/mol. The first-order valence-electron chi connectivity index (χ1n) is 7.09. The summed E-state index contributed by atoms with van der Waals surface area (Å²) in [6.45, 7) is 2.79. The van der Waals surface area contributed by atoms with Gasteiger partial charge in [-0.25, -0.2) is 14.8 Å². The van der Waals surface area contributed by atoms with E-state index in [1.807, 2.05) is 24.3 Å². The van der Waals surface area contributed by atoms with Crippen LogP contribution in [0.5, 0.6) is 5.75 Å². The van der Waals surface area contributed by atoms with E-state index < -0.39 is 5.97 Å². The van der Waals surface area contributed by atoms with Gasteiger partial charge in [0.15, 0.2) is 0 Å². The monoisotopic (exact) mass is 301 g/mol. The average Bonchev–Trinajstić information content (AvgIpc) is 2.56. The molecule has 0 amide bonds. The van der Waals surface area contributed by atoms with E-state index in [4.69, 9.17) is 9.47 Å². The van der Waals surface area contributed by atoms with Crippen LogP contribution < -0.4 is 10.1 Å². The Morgan fingerprint density at radius 2 is 1.86 bits per heavy atom. The summed E-state index contributed by atoms with van der Waals surface area (Å²) in [6, 6.07) is 7.90. The molecule has 1 heterocycles. The van der Waals surface area contributed by atoms with Crippen LogP contribution in [0.25, 0.3) is 0 Å². The summed E-state index contributed by atoms with van der Waals surface area (Å²) < 4.78 is 9.99. The van der Waals surface area contributed by atoms with Crippen molar-refractivity contribution < 1.29 is 14.3 Å². The minimum absolute atomic E-state index is 0.334. The van der Waals surface area contributed by atoms with Crippen molar-refractivity contribution in [1.82, 2.24) is 9.97 Å². The summed E-state index contributed by atoms with van der Waals surface area (Å²) in [4.78, 5) is 19.7. The third-order valence-electron chi connectivity index (χ3n) is 3.02. The maximum Gasteiger partial charge on any atom is 0.341 e. The van der Waals surface area contributed by atoms with E-state index in [0.29, 0.717) is 24.7 Å². The number of nitrogens with one attached hydrogen (secondary N) is 1. The first-order valence-corrected chi connectivity index (χ1v) is 7.09. The molecule has 6 nitrogen and oxygen atoms in total. The lowest BCUT2D eigenvalue weighted by molar-refractivity contribution is 0.0525. The molecule has 0 unspecified atom stereocenters. The van der Waals surface area contributed by atoms with E-state index >= 15 is 0 Å². The molecule has 0 radical (unpaired) electrons. The highest BCUT2D eigenvalue weighted by atomic mass is 16.5. The van der Waals surface area contributed by atoms with E-state index in [1.54, 1.807) is 14.0 Å². The van der Waals surface area contributed by atoms with Crippen LogP contribution in [0, 0.1) is 0 Å². The number of hydrogen-bond acceptors (Lipinski definition) is 6. The summed E-state index contributed by atoms with van der Waals surface area (Å²) in [6.07, 6.45) is 3.76. The topological polar surface area (TPSA) is 73.3 Å². The van der Waals surface area contributed by atoms with Gasteiger partial charge in [-0.05, 0) is 31.0 Å². The minimum Gasteiger partial charge on any atom is -0.497 e. The van der Waals surface area contributed by atoms with E-state index in [2.05, 4.69) is 15.3 Å². The molecule has 0 bridgehead atoms. The number of esters is 1. The van der Waals surface area contributed by atoms with Crippen LogP contribution in [-0.2, 0) is 11.2 Å². The van der Waals surface area contributed by atoms with Gasteiger partial charge in [-0.2, -0.15) is 0 Å². The molecule has 2 rings (SSSR count). The van der Waals surface area contributed by atoms with Crippen LogP contribution in [0.3, 0.4) is 0 Å². The second-order valence-electron chi connectivity index (χ2n) is 4.54. The molecule has 2 aromatic rings. The first kappa shape index (κ1) is 15.8. The standard InChI is InChI=1S/C16H19N3O3/c1-3-22-15(20)13-10-18-16(19-11-13)17-9-8-12-4-6-14(21-2)7-5-12/h4-7,10-11H,3,8-9H2,1-2H3,(H,17,18,19). The van der Waals surface area contributed by atoms with Crippen molar-refractivity contribution in [1.29, 1.82) is 0 Å². The van der Waals surface area contributed by atoms with Crippen molar-refractivity contribution in [2.24, 2.45) is 0 Å². The smallest absolute Gasteiger partial charge is 0.341 e. The van der Waals surface area contributed by atoms with Gasteiger partial charge in [0.05, 0.1) is 19.3 Å². The highest BCUT2D eigenvalue weighted by molar-refractivity contribution is 5.88. The van der Waals surface area contributed by atoms with Gasteiger partial charge in [-0.15, -0.1) is 0 Å². The Labute approximate surface area is 129 Å². The number of ether oxygens (including phenoxy) is 2. The zero-order valence-electron chi connectivity index (χ0n) is 12.7. The fourth-order valence-corrected chi connectivity index (χ4v) is 1.85. The molecule has 0 aliphatic carbocycles. The SMILES string of the molecule is CCOC(=O)c1cnc(NCCc2ccc(OC)cc2)nc1. The molecule has 1 aromatic carbocycles. The number of carbonyl (C=O) groups excluding carboxylic acids is 1. The van der Waals surface area contributed by atoms with Crippen molar-refractivity contribution in [2.45, 2.75) is 13.3 Å². The number of aromatic nitrogens is 2. The van der Waals surface area contributed by atoms with Gasteiger partial charge in [0.1, 0.15) is 5.75 Å². The second-order valence-corrected chi connectivity index (χ2v) is 4.54. The number of benzene rings is 1. The molecule has 6 heteroatoms. The summed E-state index contributed by atoms with van der Waals surface area (Å²) in [7, 11) is 1.65. The van der Waals surface area contributed by atoms with Gasteiger partial charge in [0.2, 0.25) is 5.95 Å². The highest BCUT2D eigenvalue weighted by Gasteiger charge is 2.07. The van der Waals surface area contributed by atoms with Crippen LogP contribution in [0.15, 0.2) is 36.7 Å². The number of anilines is 1. The molecule has 0 fully saturated rings. The maximum atomic E-state index is 11.5. The van der Waals surface area contributed by atoms with Crippen molar-refractivity contribution >= 4 is 11.9 Å². The van der Waals surface area contributed by atoms with Crippen molar-refractivity contribution in [3.8, 4) is 5.75 Å². The van der Waals surface area contributed by atoms with Crippen LogP contribution in [0.2, 0.25) is 0 Å². The molecule has 0 saturated heterocycles. The molecule has 116 valence electrons. The zero-order valence-corrected chi connectivity index (χ0v) is 12.7. The van der Waals surface area contributed by atoms with Gasteiger partial charge in [0, 0.05) is 18.9 Å². The molecule has 0 aliphatic rings. The van der Waals surface area contributed by atoms with Crippen LogP contribution in [-0.4, -0.2) is 36.2 Å². The van der Waals surface area contributed by atoms with E-state index in [1.165, 1.54) is 18.0 Å². The molecule has 1 aromatic heterocycles. The number of nitrogens with zero attached hydrogens (tertiary/aromatic N) is 2. The normalized spacial score (nSPS) is 10.1. The third kappa shape index (κ3) is 4.44. The Balaban J connectivity index is 1.82. The Bertz CT molecular complexity index is 597. The number of hydrogen-bond donors (Lipinski definition) is 1. The van der Waals surface area contributed by atoms with Crippen molar-refractivity contribution in [3.63, 3.8) is 0 Å². The van der Waals surface area contributed by atoms with Gasteiger partial charge in [0.25, 0.3) is 0 Å². The van der Waals surface area contributed by atoms with Gasteiger partial charge >= 0.3 is 5.97 Å². The minimum atomic E-state index is -0.410.